The van der Waals surface area contributed by atoms with E-state index in [0.717, 1.165) is 23.5 Å². The minimum Gasteiger partial charge on any atom is -0.494 e. The standard InChI is InChI=1S/C17H21NO5/c1-2-22-13-5-6-15-11(9-13)8-12(10-23-15)16(19)18-7-3-4-14(18)17(20)21/h5-6,9,12,14H,2-4,7-8,10H2,1H3,(H,20,21)/t12?,14-/m1/s1. The lowest BCUT2D eigenvalue weighted by Crippen LogP contribution is -2.46. The third-order valence-electron chi connectivity index (χ3n) is 4.42. The van der Waals surface area contributed by atoms with Crippen molar-refractivity contribution in [3.63, 3.8) is 0 Å². The molecule has 0 spiro atoms. The van der Waals surface area contributed by atoms with Crippen molar-refractivity contribution in [3.8, 4) is 11.5 Å². The van der Waals surface area contributed by atoms with Gasteiger partial charge in [0, 0.05) is 6.54 Å². The highest BCUT2D eigenvalue weighted by Gasteiger charge is 2.38. The van der Waals surface area contributed by atoms with E-state index in [4.69, 9.17) is 9.47 Å². The number of carbonyl (C=O) groups is 2. The molecule has 2 heterocycles. The number of hydrogen-bond donors (Lipinski definition) is 1. The molecule has 0 bridgehead atoms. The number of carboxylic acid groups (broad SMARTS) is 1. The summed E-state index contributed by atoms with van der Waals surface area (Å²) < 4.78 is 11.2. The minimum atomic E-state index is -0.924. The third-order valence-corrected chi connectivity index (χ3v) is 4.42. The van der Waals surface area contributed by atoms with Gasteiger partial charge in [-0.3, -0.25) is 4.79 Å². The molecule has 1 aromatic rings. The van der Waals surface area contributed by atoms with Crippen LogP contribution in [0.5, 0.6) is 11.5 Å². The first kappa shape index (κ1) is 15.6. The molecule has 1 unspecified atom stereocenters. The molecular formula is C17H21NO5. The van der Waals surface area contributed by atoms with E-state index in [-0.39, 0.29) is 11.8 Å². The predicted molar refractivity (Wildman–Crippen MR) is 82.7 cm³/mol. The van der Waals surface area contributed by atoms with E-state index in [1.54, 1.807) is 0 Å². The van der Waals surface area contributed by atoms with Gasteiger partial charge in [-0.15, -0.1) is 0 Å². The Bertz CT molecular complexity index is 615. The summed E-state index contributed by atoms with van der Waals surface area (Å²) in [5.41, 5.74) is 0.937. The highest BCUT2D eigenvalue weighted by atomic mass is 16.5. The lowest BCUT2D eigenvalue weighted by Gasteiger charge is -2.30. The summed E-state index contributed by atoms with van der Waals surface area (Å²) in [6, 6.07) is 4.91. The van der Waals surface area contributed by atoms with E-state index in [1.165, 1.54) is 4.90 Å². The van der Waals surface area contributed by atoms with Gasteiger partial charge >= 0.3 is 5.97 Å². The van der Waals surface area contributed by atoms with Crippen molar-refractivity contribution in [1.82, 2.24) is 4.90 Å². The number of rotatable bonds is 4. The quantitative estimate of drug-likeness (QED) is 0.914. The van der Waals surface area contributed by atoms with Crippen molar-refractivity contribution in [3.05, 3.63) is 23.8 Å². The van der Waals surface area contributed by atoms with Crippen LogP contribution in [0.2, 0.25) is 0 Å². The number of carbonyl (C=O) groups excluding carboxylic acids is 1. The van der Waals surface area contributed by atoms with Gasteiger partial charge in [-0.2, -0.15) is 0 Å². The maximum Gasteiger partial charge on any atom is 0.326 e. The van der Waals surface area contributed by atoms with E-state index >= 15 is 0 Å². The molecular weight excluding hydrogens is 298 g/mol. The number of benzene rings is 1. The molecule has 1 aromatic carbocycles. The first-order valence-corrected chi connectivity index (χ1v) is 8.02. The van der Waals surface area contributed by atoms with Gasteiger partial charge in [0.1, 0.15) is 24.1 Å². The zero-order valence-corrected chi connectivity index (χ0v) is 13.2. The highest BCUT2D eigenvalue weighted by Crippen LogP contribution is 2.32. The molecule has 1 N–H and O–H groups in total. The first-order valence-electron chi connectivity index (χ1n) is 8.02. The molecule has 2 aliphatic rings. The maximum atomic E-state index is 12.7. The third kappa shape index (κ3) is 3.11. The van der Waals surface area contributed by atoms with Crippen LogP contribution in [-0.2, 0) is 16.0 Å². The Kier molecular flexibility index (Phi) is 4.41. The monoisotopic (exact) mass is 319 g/mol. The largest absolute Gasteiger partial charge is 0.494 e. The summed E-state index contributed by atoms with van der Waals surface area (Å²) >= 11 is 0. The predicted octanol–water partition coefficient (Wildman–Crippen LogP) is 1.71. The average molecular weight is 319 g/mol. The second kappa shape index (κ2) is 6.48. The molecule has 6 nitrogen and oxygen atoms in total. The molecule has 0 aromatic heterocycles. The average Bonchev–Trinajstić information content (AvgIpc) is 3.03. The smallest absolute Gasteiger partial charge is 0.326 e. The van der Waals surface area contributed by atoms with Gasteiger partial charge < -0.3 is 19.5 Å². The van der Waals surface area contributed by atoms with Crippen LogP contribution in [0.15, 0.2) is 18.2 Å². The zero-order valence-electron chi connectivity index (χ0n) is 13.2. The van der Waals surface area contributed by atoms with Gasteiger partial charge in [-0.1, -0.05) is 0 Å². The van der Waals surface area contributed by atoms with Crippen molar-refractivity contribution < 1.29 is 24.2 Å². The number of nitrogens with zero attached hydrogens (tertiary/aromatic N) is 1. The fourth-order valence-corrected chi connectivity index (χ4v) is 3.31. The van der Waals surface area contributed by atoms with E-state index < -0.39 is 12.0 Å². The second-order valence-corrected chi connectivity index (χ2v) is 5.94. The fraction of sp³-hybridized carbons (Fsp3) is 0.529. The van der Waals surface area contributed by atoms with Gasteiger partial charge in [-0.05, 0) is 49.9 Å². The van der Waals surface area contributed by atoms with Crippen LogP contribution < -0.4 is 9.47 Å². The first-order chi connectivity index (χ1) is 11.1. The van der Waals surface area contributed by atoms with Gasteiger partial charge in [0.15, 0.2) is 0 Å². The Morgan fingerprint density at radius 1 is 1.43 bits per heavy atom. The SMILES string of the molecule is CCOc1ccc2c(c1)CC(C(=O)N1CCC[C@@H]1C(=O)O)CO2. The Morgan fingerprint density at radius 2 is 2.26 bits per heavy atom. The molecule has 1 amide bonds. The Balaban J connectivity index is 1.74. The van der Waals surface area contributed by atoms with Crippen molar-refractivity contribution in [2.75, 3.05) is 19.8 Å². The molecule has 0 radical (unpaired) electrons. The summed E-state index contributed by atoms with van der Waals surface area (Å²) in [5.74, 6) is 0.148. The molecule has 3 rings (SSSR count). The Labute approximate surface area is 135 Å². The highest BCUT2D eigenvalue weighted by molar-refractivity contribution is 5.86. The summed E-state index contributed by atoms with van der Waals surface area (Å²) in [7, 11) is 0. The summed E-state index contributed by atoms with van der Waals surface area (Å²) in [5, 5.41) is 9.24. The zero-order chi connectivity index (χ0) is 16.4. The topological polar surface area (TPSA) is 76.1 Å². The summed E-state index contributed by atoms with van der Waals surface area (Å²) in [6.45, 7) is 3.30. The number of amides is 1. The van der Waals surface area contributed by atoms with Crippen LogP contribution in [0.1, 0.15) is 25.3 Å². The van der Waals surface area contributed by atoms with Crippen LogP contribution >= 0.6 is 0 Å². The number of ether oxygens (including phenoxy) is 2. The van der Waals surface area contributed by atoms with Crippen molar-refractivity contribution in [1.29, 1.82) is 0 Å². The van der Waals surface area contributed by atoms with E-state index in [2.05, 4.69) is 0 Å². The van der Waals surface area contributed by atoms with Crippen LogP contribution in [0.3, 0.4) is 0 Å². The maximum absolute atomic E-state index is 12.7. The van der Waals surface area contributed by atoms with E-state index in [1.807, 2.05) is 25.1 Å². The lowest BCUT2D eigenvalue weighted by molar-refractivity contribution is -0.150. The molecule has 2 atom stereocenters. The Hall–Kier alpha value is -2.24. The molecule has 1 fully saturated rings. The molecule has 1 saturated heterocycles. The van der Waals surface area contributed by atoms with Gasteiger partial charge in [0.2, 0.25) is 5.91 Å². The molecule has 0 saturated carbocycles. The van der Waals surface area contributed by atoms with Gasteiger partial charge in [0.05, 0.1) is 12.5 Å². The number of carboxylic acids is 1. The number of likely N-dealkylation sites (tertiary alicyclic amines) is 1. The minimum absolute atomic E-state index is 0.123. The van der Waals surface area contributed by atoms with E-state index in [0.29, 0.717) is 32.6 Å². The molecule has 23 heavy (non-hydrogen) atoms. The normalized spacial score (nSPS) is 23.1. The van der Waals surface area contributed by atoms with Crippen molar-refractivity contribution >= 4 is 11.9 Å². The number of fused-ring (bicyclic) bond motifs is 1. The van der Waals surface area contributed by atoms with Gasteiger partial charge in [-0.25, -0.2) is 4.79 Å². The molecule has 0 aliphatic carbocycles. The number of hydrogen-bond acceptors (Lipinski definition) is 4. The molecule has 2 aliphatic heterocycles. The van der Waals surface area contributed by atoms with Crippen LogP contribution in [0.25, 0.3) is 0 Å². The van der Waals surface area contributed by atoms with E-state index in [9.17, 15) is 14.7 Å². The summed E-state index contributed by atoms with van der Waals surface area (Å²) in [4.78, 5) is 25.5. The fourth-order valence-electron chi connectivity index (χ4n) is 3.31. The van der Waals surface area contributed by atoms with Crippen LogP contribution in [-0.4, -0.2) is 47.7 Å². The molecule has 124 valence electrons. The molecule has 6 heteroatoms. The lowest BCUT2D eigenvalue weighted by atomic mass is 9.95. The second-order valence-electron chi connectivity index (χ2n) is 5.94. The number of aliphatic carboxylic acids is 1. The summed E-state index contributed by atoms with van der Waals surface area (Å²) in [6.07, 6.45) is 1.82. The Morgan fingerprint density at radius 3 is 3.00 bits per heavy atom. The van der Waals surface area contributed by atoms with Crippen molar-refractivity contribution in [2.45, 2.75) is 32.2 Å². The van der Waals surface area contributed by atoms with Crippen LogP contribution in [0, 0.1) is 5.92 Å². The van der Waals surface area contributed by atoms with Crippen LogP contribution in [0.4, 0.5) is 0 Å². The van der Waals surface area contributed by atoms with Crippen molar-refractivity contribution in [2.24, 2.45) is 5.92 Å². The van der Waals surface area contributed by atoms with Gasteiger partial charge in [0.25, 0.3) is 0 Å².